The molecule has 0 atom stereocenters. The van der Waals surface area contributed by atoms with E-state index in [0.29, 0.717) is 46.6 Å². The van der Waals surface area contributed by atoms with Crippen molar-refractivity contribution in [2.45, 2.75) is 24.9 Å². The first-order valence-electron chi connectivity index (χ1n) is 10.5. The molecule has 5 rings (SSSR count). The second-order valence-corrected chi connectivity index (χ2v) is 7.88. The Labute approximate surface area is 188 Å². The second kappa shape index (κ2) is 8.62. The topological polar surface area (TPSA) is 129 Å². The Kier molecular flexibility index (Phi) is 5.35. The molecule has 0 spiro atoms. The number of rotatable bonds is 7. The van der Waals surface area contributed by atoms with Crippen molar-refractivity contribution in [2.24, 2.45) is 0 Å². The minimum atomic E-state index is -1.03. The van der Waals surface area contributed by atoms with Gasteiger partial charge in [0.1, 0.15) is 29.3 Å². The normalized spacial score (nSPS) is 17.2. The Balaban J connectivity index is 1.34. The number of ketones is 1. The van der Waals surface area contributed by atoms with Crippen molar-refractivity contribution < 1.29 is 19.4 Å². The Morgan fingerprint density at radius 2 is 1.70 bits per heavy atom. The molecular weight excluding hydrogens is 422 g/mol. The van der Waals surface area contributed by atoms with Crippen molar-refractivity contribution in [1.82, 2.24) is 20.3 Å². The van der Waals surface area contributed by atoms with Crippen molar-refractivity contribution in [3.8, 4) is 11.5 Å². The molecule has 2 heterocycles. The van der Waals surface area contributed by atoms with Crippen LogP contribution in [-0.4, -0.2) is 44.0 Å². The van der Waals surface area contributed by atoms with E-state index in [4.69, 9.17) is 9.84 Å². The van der Waals surface area contributed by atoms with Crippen LogP contribution >= 0.6 is 0 Å². The third-order valence-electron chi connectivity index (χ3n) is 5.62. The summed E-state index contributed by atoms with van der Waals surface area (Å²) in [5.41, 5.74) is 1.53. The quantitative estimate of drug-likeness (QED) is 0.315. The summed E-state index contributed by atoms with van der Waals surface area (Å²) >= 11 is 0. The number of aromatic amines is 1. The average Bonchev–Trinajstić information content (AvgIpc) is 3.23. The molecule has 2 aromatic heterocycles. The van der Waals surface area contributed by atoms with Gasteiger partial charge in [-0.15, -0.1) is 0 Å². The highest BCUT2D eigenvalue weighted by atomic mass is 16.5. The predicted octanol–water partition coefficient (Wildman–Crippen LogP) is 4.19. The summed E-state index contributed by atoms with van der Waals surface area (Å²) in [5.74, 6) is 1.74. The number of carbonyl (C=O) groups is 2. The van der Waals surface area contributed by atoms with Crippen LogP contribution in [0.4, 0.5) is 10.6 Å². The van der Waals surface area contributed by atoms with E-state index in [1.807, 2.05) is 30.3 Å². The van der Waals surface area contributed by atoms with Gasteiger partial charge in [0.2, 0.25) is 0 Å². The van der Waals surface area contributed by atoms with Crippen molar-refractivity contribution >= 4 is 28.7 Å². The smallest absolute Gasteiger partial charge is 0.404 e. The van der Waals surface area contributed by atoms with Crippen LogP contribution < -0.4 is 15.4 Å². The van der Waals surface area contributed by atoms with E-state index >= 15 is 0 Å². The van der Waals surface area contributed by atoms with E-state index < -0.39 is 6.09 Å². The number of aromatic nitrogens is 3. The van der Waals surface area contributed by atoms with Gasteiger partial charge in [-0.3, -0.25) is 4.79 Å². The lowest BCUT2D eigenvalue weighted by Gasteiger charge is -2.35. The van der Waals surface area contributed by atoms with Crippen LogP contribution in [0.1, 0.15) is 28.8 Å². The molecule has 0 radical (unpaired) electrons. The summed E-state index contributed by atoms with van der Waals surface area (Å²) in [6, 6.07) is 16.4. The van der Waals surface area contributed by atoms with Crippen molar-refractivity contribution in [3.63, 3.8) is 0 Å². The zero-order valence-electron chi connectivity index (χ0n) is 17.5. The molecule has 166 valence electrons. The number of fused-ring (bicyclic) bond motifs is 1. The van der Waals surface area contributed by atoms with Gasteiger partial charge in [0, 0.05) is 23.8 Å². The van der Waals surface area contributed by atoms with E-state index in [0.717, 1.165) is 5.75 Å². The van der Waals surface area contributed by atoms with E-state index in [9.17, 15) is 9.59 Å². The standard InChI is InChI=1S/C24H21N5O4/c30-21(14-6-8-18(9-7-14)33-17-4-2-1-3-5-17)19-12-25-22-20(19)23(27-13-26-22)28-15-10-16(11-15)29-24(31)32/h1-9,12-13,15-16,29H,10-11H2,(H,31,32)(H2,25,26,27,28)/t15-,16+. The zero-order chi connectivity index (χ0) is 22.8. The monoisotopic (exact) mass is 443 g/mol. The van der Waals surface area contributed by atoms with Crippen LogP contribution in [0, 0.1) is 0 Å². The molecule has 0 bridgehead atoms. The van der Waals surface area contributed by atoms with Gasteiger partial charge in [-0.1, -0.05) is 18.2 Å². The molecule has 0 aliphatic heterocycles. The summed E-state index contributed by atoms with van der Waals surface area (Å²) in [4.78, 5) is 35.6. The lowest BCUT2D eigenvalue weighted by molar-refractivity contribution is 0.104. The molecule has 9 nitrogen and oxygen atoms in total. The zero-order valence-corrected chi connectivity index (χ0v) is 17.5. The summed E-state index contributed by atoms with van der Waals surface area (Å²) in [5, 5.41) is 15.2. The van der Waals surface area contributed by atoms with Gasteiger partial charge in [0.15, 0.2) is 5.78 Å². The number of H-pyrrole nitrogens is 1. The number of nitrogens with one attached hydrogen (secondary N) is 3. The number of benzene rings is 2. The van der Waals surface area contributed by atoms with Crippen LogP contribution in [-0.2, 0) is 0 Å². The third-order valence-corrected chi connectivity index (χ3v) is 5.62. The molecule has 1 amide bonds. The number of carbonyl (C=O) groups excluding carboxylic acids is 1. The summed E-state index contributed by atoms with van der Waals surface area (Å²) in [6.45, 7) is 0. The van der Waals surface area contributed by atoms with Gasteiger partial charge >= 0.3 is 6.09 Å². The first-order valence-corrected chi connectivity index (χ1v) is 10.5. The Bertz CT molecular complexity index is 1300. The molecule has 1 fully saturated rings. The Hall–Kier alpha value is -4.40. The van der Waals surface area contributed by atoms with Crippen LogP contribution in [0.5, 0.6) is 11.5 Å². The van der Waals surface area contributed by atoms with E-state index in [-0.39, 0.29) is 17.9 Å². The molecule has 33 heavy (non-hydrogen) atoms. The van der Waals surface area contributed by atoms with Crippen LogP contribution in [0.2, 0.25) is 0 Å². The third kappa shape index (κ3) is 4.33. The maximum absolute atomic E-state index is 13.3. The largest absolute Gasteiger partial charge is 0.465 e. The fourth-order valence-corrected chi connectivity index (χ4v) is 3.93. The van der Waals surface area contributed by atoms with E-state index in [1.54, 1.807) is 30.5 Å². The highest BCUT2D eigenvalue weighted by molar-refractivity contribution is 6.18. The molecule has 1 aliphatic rings. The van der Waals surface area contributed by atoms with Gasteiger partial charge in [-0.25, -0.2) is 14.8 Å². The minimum absolute atomic E-state index is 0.0622. The van der Waals surface area contributed by atoms with Crippen LogP contribution in [0.25, 0.3) is 11.0 Å². The number of anilines is 1. The maximum atomic E-state index is 13.3. The summed E-state index contributed by atoms with van der Waals surface area (Å²) < 4.78 is 5.80. The summed E-state index contributed by atoms with van der Waals surface area (Å²) in [6.07, 6.45) is 3.33. The lowest BCUT2D eigenvalue weighted by atomic mass is 9.87. The maximum Gasteiger partial charge on any atom is 0.404 e. The molecule has 9 heteroatoms. The van der Waals surface area contributed by atoms with Crippen molar-refractivity contribution in [1.29, 1.82) is 0 Å². The Morgan fingerprint density at radius 1 is 0.970 bits per heavy atom. The first kappa shape index (κ1) is 20.5. The number of nitrogens with zero attached hydrogens (tertiary/aromatic N) is 2. The fourth-order valence-electron chi connectivity index (χ4n) is 3.93. The number of hydrogen-bond donors (Lipinski definition) is 4. The van der Waals surface area contributed by atoms with Crippen molar-refractivity contribution in [2.75, 3.05) is 5.32 Å². The second-order valence-electron chi connectivity index (χ2n) is 7.88. The summed E-state index contributed by atoms with van der Waals surface area (Å²) in [7, 11) is 0. The van der Waals surface area contributed by atoms with Gasteiger partial charge in [0.25, 0.3) is 0 Å². The van der Waals surface area contributed by atoms with E-state index in [2.05, 4.69) is 25.6 Å². The number of para-hydroxylation sites is 1. The lowest BCUT2D eigenvalue weighted by Crippen LogP contribution is -2.49. The van der Waals surface area contributed by atoms with Crippen LogP contribution in [0.15, 0.2) is 67.1 Å². The first-order chi connectivity index (χ1) is 16.1. The van der Waals surface area contributed by atoms with Gasteiger partial charge in [0.05, 0.1) is 10.9 Å². The number of ether oxygens (including phenoxy) is 1. The SMILES string of the molecule is O=C(O)N[C@H]1C[C@@H](Nc2ncnc3[nH]cc(C(=O)c4ccc(Oc5ccccc5)cc4)c23)C1. The van der Waals surface area contributed by atoms with Gasteiger partial charge < -0.3 is 25.5 Å². The van der Waals surface area contributed by atoms with Gasteiger partial charge in [-0.05, 0) is 49.2 Å². The highest BCUT2D eigenvalue weighted by Gasteiger charge is 2.31. The van der Waals surface area contributed by atoms with Crippen molar-refractivity contribution in [3.05, 3.63) is 78.2 Å². The molecule has 4 N–H and O–H groups in total. The molecule has 1 saturated carbocycles. The molecule has 1 aliphatic carbocycles. The van der Waals surface area contributed by atoms with Crippen LogP contribution in [0.3, 0.4) is 0 Å². The number of hydrogen-bond acceptors (Lipinski definition) is 6. The fraction of sp³-hybridized carbons (Fsp3) is 0.167. The van der Waals surface area contributed by atoms with E-state index in [1.165, 1.54) is 6.33 Å². The predicted molar refractivity (Wildman–Crippen MR) is 122 cm³/mol. The molecule has 0 saturated heterocycles. The number of amides is 1. The highest BCUT2D eigenvalue weighted by Crippen LogP contribution is 2.30. The molecule has 4 aromatic rings. The number of carboxylic acid groups (broad SMARTS) is 1. The van der Waals surface area contributed by atoms with Gasteiger partial charge in [-0.2, -0.15) is 0 Å². The molecule has 2 aromatic carbocycles. The average molecular weight is 443 g/mol. The Morgan fingerprint density at radius 3 is 2.42 bits per heavy atom. The molecule has 0 unspecified atom stereocenters. The molecular formula is C24H21N5O4. The minimum Gasteiger partial charge on any atom is -0.465 e.